The molecule has 124 valence electrons. The summed E-state index contributed by atoms with van der Waals surface area (Å²) in [5.74, 6) is 1.01. The number of amides is 1. The first-order valence-electron chi connectivity index (χ1n) is 8.00. The molecule has 1 N–H and O–H groups in total. The molecule has 1 aliphatic carbocycles. The zero-order valence-electron chi connectivity index (χ0n) is 13.5. The first-order valence-corrected chi connectivity index (χ1v) is 8.79. The van der Waals surface area contributed by atoms with Gasteiger partial charge in [0, 0.05) is 21.0 Å². The highest BCUT2D eigenvalue weighted by Gasteiger charge is 2.26. The van der Waals surface area contributed by atoms with E-state index < -0.39 is 0 Å². The molecule has 0 saturated heterocycles. The maximum absolute atomic E-state index is 12.7. The molecule has 2 aromatic heterocycles. The number of aromatic nitrogens is 1. The summed E-state index contributed by atoms with van der Waals surface area (Å²) in [6.45, 7) is 4.08. The van der Waals surface area contributed by atoms with Crippen molar-refractivity contribution in [3.8, 4) is 0 Å². The molecule has 0 fully saturated rings. The van der Waals surface area contributed by atoms with Gasteiger partial charge in [-0.3, -0.25) is 10.1 Å². The Morgan fingerprint density at radius 1 is 1.42 bits per heavy atom. The van der Waals surface area contributed by atoms with E-state index in [4.69, 9.17) is 8.94 Å². The van der Waals surface area contributed by atoms with Gasteiger partial charge in [0.25, 0.3) is 5.91 Å². The number of aryl methyl sites for hydroxylation is 2. The van der Waals surface area contributed by atoms with E-state index in [2.05, 4.69) is 33.3 Å². The van der Waals surface area contributed by atoms with Crippen LogP contribution in [-0.2, 0) is 12.8 Å². The Morgan fingerprint density at radius 3 is 3.08 bits per heavy atom. The summed E-state index contributed by atoms with van der Waals surface area (Å²) in [4.78, 5) is 12.7. The lowest BCUT2D eigenvalue weighted by atomic mass is 9.89. The molecule has 24 heavy (non-hydrogen) atoms. The number of rotatable bonds is 2. The number of fused-ring (bicyclic) bond motifs is 2. The second-order valence-electron chi connectivity index (χ2n) is 6.44. The van der Waals surface area contributed by atoms with Crippen LogP contribution in [0.5, 0.6) is 0 Å². The Balaban J connectivity index is 1.66. The predicted molar refractivity (Wildman–Crippen MR) is 94.3 cm³/mol. The maximum Gasteiger partial charge on any atom is 0.294 e. The van der Waals surface area contributed by atoms with E-state index in [0.717, 1.165) is 45.9 Å². The van der Waals surface area contributed by atoms with E-state index in [1.54, 1.807) is 0 Å². The van der Waals surface area contributed by atoms with Gasteiger partial charge in [-0.2, -0.15) is 0 Å². The Morgan fingerprint density at radius 2 is 2.25 bits per heavy atom. The standard InChI is InChI=1S/C18H17BrN2O3/c1-9-3-6-14-13(7-9)18(24-21-14)20-17(22)16-10(2)12-5-4-11(19)8-15(12)23-16/h4-5,8-9H,3,6-7H2,1-2H3,(H,20,22)/t9-/m0/s1. The van der Waals surface area contributed by atoms with Gasteiger partial charge < -0.3 is 8.94 Å². The molecule has 6 heteroatoms. The van der Waals surface area contributed by atoms with Crippen molar-refractivity contribution in [2.24, 2.45) is 5.92 Å². The van der Waals surface area contributed by atoms with E-state index >= 15 is 0 Å². The van der Waals surface area contributed by atoms with Crippen molar-refractivity contribution < 1.29 is 13.7 Å². The number of benzene rings is 1. The quantitative estimate of drug-likeness (QED) is 0.679. The summed E-state index contributed by atoms with van der Waals surface area (Å²) in [5, 5.41) is 7.85. The van der Waals surface area contributed by atoms with Gasteiger partial charge in [0.1, 0.15) is 5.58 Å². The third kappa shape index (κ3) is 2.55. The summed E-state index contributed by atoms with van der Waals surface area (Å²) >= 11 is 3.41. The van der Waals surface area contributed by atoms with Crippen LogP contribution in [0, 0.1) is 12.8 Å². The fourth-order valence-electron chi connectivity index (χ4n) is 3.26. The van der Waals surface area contributed by atoms with Gasteiger partial charge in [-0.25, -0.2) is 0 Å². The number of hydrogen-bond acceptors (Lipinski definition) is 4. The van der Waals surface area contributed by atoms with E-state index in [-0.39, 0.29) is 5.91 Å². The molecule has 0 saturated carbocycles. The fraction of sp³-hybridized carbons (Fsp3) is 0.333. The van der Waals surface area contributed by atoms with Crippen LogP contribution in [0.1, 0.15) is 40.7 Å². The van der Waals surface area contributed by atoms with Crippen LogP contribution in [0.15, 0.2) is 31.6 Å². The maximum atomic E-state index is 12.7. The lowest BCUT2D eigenvalue weighted by molar-refractivity contribution is 0.0994. The largest absolute Gasteiger partial charge is 0.451 e. The van der Waals surface area contributed by atoms with Crippen molar-refractivity contribution in [2.75, 3.05) is 5.32 Å². The van der Waals surface area contributed by atoms with E-state index in [1.807, 2.05) is 25.1 Å². The van der Waals surface area contributed by atoms with Gasteiger partial charge in [-0.1, -0.05) is 28.0 Å². The monoisotopic (exact) mass is 388 g/mol. The average Bonchev–Trinajstić information content (AvgIpc) is 3.08. The summed E-state index contributed by atoms with van der Waals surface area (Å²) in [6.07, 6.45) is 2.87. The number of carbonyl (C=O) groups is 1. The highest BCUT2D eigenvalue weighted by atomic mass is 79.9. The first-order chi connectivity index (χ1) is 11.5. The molecular formula is C18H17BrN2O3. The van der Waals surface area contributed by atoms with Crippen LogP contribution in [0.4, 0.5) is 5.88 Å². The topological polar surface area (TPSA) is 68.3 Å². The first kappa shape index (κ1) is 15.4. The minimum atomic E-state index is -0.308. The molecule has 5 nitrogen and oxygen atoms in total. The van der Waals surface area contributed by atoms with Gasteiger partial charge in [-0.15, -0.1) is 0 Å². The van der Waals surface area contributed by atoms with Crippen molar-refractivity contribution in [3.63, 3.8) is 0 Å². The van der Waals surface area contributed by atoms with E-state index in [1.165, 1.54) is 0 Å². The van der Waals surface area contributed by atoms with Gasteiger partial charge in [-0.05, 0) is 50.3 Å². The number of halogens is 1. The number of hydrogen-bond donors (Lipinski definition) is 1. The Bertz CT molecular complexity index is 941. The molecular weight excluding hydrogens is 372 g/mol. The molecule has 1 atom stereocenters. The average molecular weight is 389 g/mol. The van der Waals surface area contributed by atoms with Gasteiger partial charge in [0.15, 0.2) is 5.76 Å². The van der Waals surface area contributed by atoms with Crippen molar-refractivity contribution in [1.82, 2.24) is 5.16 Å². The van der Waals surface area contributed by atoms with Crippen molar-refractivity contribution >= 4 is 38.7 Å². The summed E-state index contributed by atoms with van der Waals surface area (Å²) < 4.78 is 12.0. The van der Waals surface area contributed by atoms with Crippen LogP contribution in [-0.4, -0.2) is 11.1 Å². The predicted octanol–water partition coefficient (Wildman–Crippen LogP) is 4.87. The smallest absolute Gasteiger partial charge is 0.294 e. The number of nitrogens with one attached hydrogen (secondary N) is 1. The Labute approximate surface area is 147 Å². The lowest BCUT2D eigenvalue weighted by Gasteiger charge is -2.16. The molecule has 0 radical (unpaired) electrons. The number of nitrogens with zero attached hydrogens (tertiary/aromatic N) is 1. The Hall–Kier alpha value is -2.08. The number of furan rings is 1. The highest BCUT2D eigenvalue weighted by Crippen LogP contribution is 2.32. The highest BCUT2D eigenvalue weighted by molar-refractivity contribution is 9.10. The lowest BCUT2D eigenvalue weighted by Crippen LogP contribution is -2.16. The van der Waals surface area contributed by atoms with Gasteiger partial charge in [0.2, 0.25) is 5.88 Å². The van der Waals surface area contributed by atoms with Gasteiger partial charge in [0.05, 0.1) is 5.69 Å². The molecule has 0 spiro atoms. The van der Waals surface area contributed by atoms with Crippen LogP contribution in [0.25, 0.3) is 11.0 Å². The Kier molecular flexibility index (Phi) is 3.72. The summed E-state index contributed by atoms with van der Waals surface area (Å²) in [6, 6.07) is 5.73. The zero-order valence-corrected chi connectivity index (χ0v) is 15.1. The van der Waals surface area contributed by atoms with Crippen LogP contribution < -0.4 is 5.32 Å². The number of anilines is 1. The van der Waals surface area contributed by atoms with Crippen LogP contribution in [0.2, 0.25) is 0 Å². The minimum absolute atomic E-state index is 0.303. The molecule has 0 unspecified atom stereocenters. The second-order valence-corrected chi connectivity index (χ2v) is 7.35. The molecule has 3 aromatic rings. The summed E-state index contributed by atoms with van der Waals surface area (Å²) in [5.41, 5.74) is 3.46. The van der Waals surface area contributed by atoms with E-state index in [9.17, 15) is 4.79 Å². The number of carbonyl (C=O) groups excluding carboxylic acids is 1. The SMILES string of the molecule is Cc1c(C(=O)Nc2onc3c2C[C@@H](C)CC3)oc2cc(Br)ccc12. The molecule has 4 rings (SSSR count). The normalized spacial score (nSPS) is 17.0. The summed E-state index contributed by atoms with van der Waals surface area (Å²) in [7, 11) is 0. The molecule has 2 heterocycles. The zero-order chi connectivity index (χ0) is 16.8. The molecule has 0 bridgehead atoms. The molecule has 0 aliphatic heterocycles. The van der Waals surface area contributed by atoms with Crippen LogP contribution in [0.3, 0.4) is 0 Å². The van der Waals surface area contributed by atoms with Crippen molar-refractivity contribution in [3.05, 3.63) is 45.3 Å². The van der Waals surface area contributed by atoms with Crippen LogP contribution >= 0.6 is 15.9 Å². The van der Waals surface area contributed by atoms with E-state index in [0.29, 0.717) is 23.1 Å². The van der Waals surface area contributed by atoms with Crippen molar-refractivity contribution in [2.45, 2.75) is 33.1 Å². The minimum Gasteiger partial charge on any atom is -0.451 e. The van der Waals surface area contributed by atoms with Crippen molar-refractivity contribution in [1.29, 1.82) is 0 Å². The molecule has 1 amide bonds. The molecule has 1 aliphatic rings. The third-order valence-electron chi connectivity index (χ3n) is 4.63. The third-order valence-corrected chi connectivity index (χ3v) is 5.12. The second kappa shape index (κ2) is 5.77. The molecule has 1 aromatic carbocycles. The van der Waals surface area contributed by atoms with Gasteiger partial charge >= 0.3 is 0 Å². The fourth-order valence-corrected chi connectivity index (χ4v) is 3.60.